The number of nitrogens with one attached hydrogen (secondary N) is 1. The molecule has 1 N–H and O–H groups in total. The molecule has 0 saturated carbocycles. The Morgan fingerprint density at radius 1 is 1.42 bits per heavy atom. The normalized spacial score (nSPS) is 23.0. The Labute approximate surface area is 142 Å². The van der Waals surface area contributed by atoms with Crippen molar-refractivity contribution in [2.75, 3.05) is 13.1 Å². The van der Waals surface area contributed by atoms with Crippen LogP contribution in [-0.4, -0.2) is 55.8 Å². The van der Waals surface area contributed by atoms with Crippen LogP contribution in [0.4, 0.5) is 4.39 Å². The lowest BCUT2D eigenvalue weighted by Crippen LogP contribution is -2.40. The third kappa shape index (κ3) is 4.64. The summed E-state index contributed by atoms with van der Waals surface area (Å²) in [7, 11) is 1.91. The first-order valence-corrected chi connectivity index (χ1v) is 8.66. The molecular formula is C17H27FN6. The summed E-state index contributed by atoms with van der Waals surface area (Å²) < 4.78 is 17.6. The fraction of sp³-hybridized carbons (Fsp3) is 0.647. The van der Waals surface area contributed by atoms with Crippen molar-refractivity contribution in [1.29, 1.82) is 0 Å². The van der Waals surface area contributed by atoms with Crippen molar-refractivity contribution in [2.24, 2.45) is 7.05 Å². The van der Waals surface area contributed by atoms with Crippen molar-refractivity contribution in [3.05, 3.63) is 36.4 Å². The minimum atomic E-state index is -0.729. The summed E-state index contributed by atoms with van der Waals surface area (Å²) in [4.78, 5) is 2.23. The van der Waals surface area contributed by atoms with E-state index in [1.54, 1.807) is 10.9 Å². The number of hydrogen-bond acceptors (Lipinski definition) is 4. The third-order valence-corrected chi connectivity index (χ3v) is 4.67. The van der Waals surface area contributed by atoms with Gasteiger partial charge in [0.05, 0.1) is 6.20 Å². The van der Waals surface area contributed by atoms with Gasteiger partial charge in [-0.25, -0.2) is 4.39 Å². The van der Waals surface area contributed by atoms with E-state index in [0.717, 1.165) is 31.6 Å². The monoisotopic (exact) mass is 334 g/mol. The highest BCUT2D eigenvalue weighted by molar-refractivity contribution is 5.05. The van der Waals surface area contributed by atoms with Crippen LogP contribution in [0.3, 0.4) is 0 Å². The van der Waals surface area contributed by atoms with Crippen molar-refractivity contribution in [3.8, 4) is 0 Å². The molecule has 2 aromatic heterocycles. The van der Waals surface area contributed by atoms with Crippen LogP contribution in [0.1, 0.15) is 25.3 Å². The summed E-state index contributed by atoms with van der Waals surface area (Å²) in [6.45, 7) is 5.18. The Hall–Kier alpha value is -1.73. The molecular weight excluding hydrogens is 307 g/mol. The van der Waals surface area contributed by atoms with Crippen molar-refractivity contribution >= 4 is 0 Å². The van der Waals surface area contributed by atoms with Gasteiger partial charge in [0.25, 0.3) is 0 Å². The molecule has 0 radical (unpaired) electrons. The van der Waals surface area contributed by atoms with Gasteiger partial charge in [-0.15, -0.1) is 0 Å². The van der Waals surface area contributed by atoms with Crippen molar-refractivity contribution in [3.63, 3.8) is 0 Å². The number of rotatable bonds is 8. The molecule has 24 heavy (non-hydrogen) atoms. The van der Waals surface area contributed by atoms with Gasteiger partial charge in [-0.2, -0.15) is 10.2 Å². The smallest absolute Gasteiger partial charge is 0.114 e. The van der Waals surface area contributed by atoms with Crippen LogP contribution in [0, 0.1) is 0 Å². The highest BCUT2D eigenvalue weighted by atomic mass is 19.1. The molecule has 2 aromatic rings. The number of aryl methyl sites for hydroxylation is 2. The Morgan fingerprint density at radius 2 is 2.29 bits per heavy atom. The van der Waals surface area contributed by atoms with Gasteiger partial charge < -0.3 is 5.32 Å². The minimum absolute atomic E-state index is 0.243. The summed E-state index contributed by atoms with van der Waals surface area (Å²) in [6.07, 6.45) is 8.54. The maximum absolute atomic E-state index is 13.9. The fourth-order valence-electron chi connectivity index (χ4n) is 3.31. The second-order valence-corrected chi connectivity index (χ2v) is 6.81. The molecule has 0 amide bonds. The van der Waals surface area contributed by atoms with Crippen LogP contribution in [0.15, 0.2) is 30.9 Å². The van der Waals surface area contributed by atoms with E-state index < -0.39 is 6.17 Å². The average molecular weight is 334 g/mol. The van der Waals surface area contributed by atoms with Gasteiger partial charge in [-0.1, -0.05) is 0 Å². The first-order valence-electron chi connectivity index (χ1n) is 8.66. The average Bonchev–Trinajstić information content (AvgIpc) is 3.26. The molecule has 6 nitrogen and oxygen atoms in total. The molecule has 3 atom stereocenters. The number of nitrogens with zero attached hydrogens (tertiary/aromatic N) is 5. The SMILES string of the molecule is CC(CCn1cccn1)NC[C@@H]1C[C@H](F)CN1Cc1cnn(C)c1. The minimum Gasteiger partial charge on any atom is -0.313 e. The van der Waals surface area contributed by atoms with Crippen LogP contribution in [0.25, 0.3) is 0 Å². The number of alkyl halides is 1. The Bertz CT molecular complexity index is 610. The third-order valence-electron chi connectivity index (χ3n) is 4.67. The Morgan fingerprint density at radius 3 is 3.00 bits per heavy atom. The van der Waals surface area contributed by atoms with E-state index in [2.05, 4.69) is 27.3 Å². The molecule has 3 rings (SSSR count). The zero-order chi connectivity index (χ0) is 16.9. The van der Waals surface area contributed by atoms with E-state index in [-0.39, 0.29) is 6.04 Å². The van der Waals surface area contributed by atoms with Gasteiger partial charge in [0.15, 0.2) is 0 Å². The molecule has 1 fully saturated rings. The number of hydrogen-bond donors (Lipinski definition) is 1. The molecule has 0 aromatic carbocycles. The number of likely N-dealkylation sites (tertiary alicyclic amines) is 1. The van der Waals surface area contributed by atoms with Crippen LogP contribution < -0.4 is 5.32 Å². The predicted octanol–water partition coefficient (Wildman–Crippen LogP) is 1.60. The van der Waals surface area contributed by atoms with Crippen molar-refractivity contribution in [2.45, 2.75) is 51.1 Å². The fourth-order valence-corrected chi connectivity index (χ4v) is 3.31. The molecule has 3 heterocycles. The summed E-state index contributed by atoms with van der Waals surface area (Å²) in [6, 6.07) is 2.56. The molecule has 0 spiro atoms. The number of aromatic nitrogens is 4. The highest BCUT2D eigenvalue weighted by Gasteiger charge is 2.32. The van der Waals surface area contributed by atoms with Gasteiger partial charge in [-0.3, -0.25) is 14.3 Å². The molecule has 132 valence electrons. The van der Waals surface area contributed by atoms with E-state index in [1.807, 2.05) is 36.4 Å². The lowest BCUT2D eigenvalue weighted by molar-refractivity contribution is 0.225. The van der Waals surface area contributed by atoms with E-state index in [1.165, 1.54) is 0 Å². The van der Waals surface area contributed by atoms with E-state index >= 15 is 0 Å². The van der Waals surface area contributed by atoms with Crippen molar-refractivity contribution < 1.29 is 4.39 Å². The van der Waals surface area contributed by atoms with Gasteiger partial charge in [-0.05, 0) is 25.8 Å². The van der Waals surface area contributed by atoms with Gasteiger partial charge >= 0.3 is 0 Å². The molecule has 7 heteroatoms. The summed E-state index contributed by atoms with van der Waals surface area (Å²) in [5.74, 6) is 0. The van der Waals surface area contributed by atoms with E-state index in [4.69, 9.17) is 0 Å². The van der Waals surface area contributed by atoms with Crippen LogP contribution in [0.2, 0.25) is 0 Å². The maximum Gasteiger partial charge on any atom is 0.114 e. The van der Waals surface area contributed by atoms with Crippen LogP contribution >= 0.6 is 0 Å². The summed E-state index contributed by atoms with van der Waals surface area (Å²) in [5.41, 5.74) is 1.14. The highest BCUT2D eigenvalue weighted by Crippen LogP contribution is 2.22. The second-order valence-electron chi connectivity index (χ2n) is 6.81. The van der Waals surface area contributed by atoms with Crippen LogP contribution in [0.5, 0.6) is 0 Å². The zero-order valence-corrected chi connectivity index (χ0v) is 14.5. The van der Waals surface area contributed by atoms with Gasteiger partial charge in [0.1, 0.15) is 6.17 Å². The molecule has 1 aliphatic rings. The Balaban J connectivity index is 1.45. The van der Waals surface area contributed by atoms with E-state index in [9.17, 15) is 4.39 Å². The topological polar surface area (TPSA) is 50.9 Å². The predicted molar refractivity (Wildman–Crippen MR) is 91.2 cm³/mol. The first kappa shape index (κ1) is 17.1. The van der Waals surface area contributed by atoms with Gasteiger partial charge in [0.2, 0.25) is 0 Å². The first-order chi connectivity index (χ1) is 11.6. The zero-order valence-electron chi connectivity index (χ0n) is 14.5. The van der Waals surface area contributed by atoms with Crippen molar-refractivity contribution in [1.82, 2.24) is 29.8 Å². The molecule has 1 aliphatic heterocycles. The molecule has 0 aliphatic carbocycles. The Kier molecular flexibility index (Phi) is 5.63. The van der Waals surface area contributed by atoms with Crippen LogP contribution in [-0.2, 0) is 20.1 Å². The summed E-state index contributed by atoms with van der Waals surface area (Å²) in [5, 5.41) is 12.0. The molecule has 1 unspecified atom stereocenters. The second kappa shape index (κ2) is 7.90. The van der Waals surface area contributed by atoms with Gasteiger partial charge in [0, 0.05) is 69.5 Å². The largest absolute Gasteiger partial charge is 0.313 e. The van der Waals surface area contributed by atoms with E-state index in [0.29, 0.717) is 19.0 Å². The standard InChI is InChI=1S/C17H27FN6/c1-14(4-7-24-6-3-5-20-24)19-10-17-8-16(18)13-23(17)12-15-9-21-22(2)11-15/h3,5-6,9,11,14,16-17,19H,4,7-8,10,12-13H2,1-2H3/t14?,16-,17-/m0/s1. The summed E-state index contributed by atoms with van der Waals surface area (Å²) >= 11 is 0. The quantitative estimate of drug-likeness (QED) is 0.797. The maximum atomic E-state index is 13.9. The number of halogens is 1. The lowest BCUT2D eigenvalue weighted by Gasteiger charge is -2.25. The molecule has 0 bridgehead atoms. The molecule has 1 saturated heterocycles. The lowest BCUT2D eigenvalue weighted by atomic mass is 10.1.